The van der Waals surface area contributed by atoms with Gasteiger partial charge in [0.15, 0.2) is 6.29 Å². The second kappa shape index (κ2) is 3.79. The van der Waals surface area contributed by atoms with Gasteiger partial charge < -0.3 is 5.43 Å². The summed E-state index contributed by atoms with van der Waals surface area (Å²) in [6, 6.07) is 9.66. The van der Waals surface area contributed by atoms with Crippen LogP contribution in [0.3, 0.4) is 0 Å². The predicted molar refractivity (Wildman–Crippen MR) is 55.3 cm³/mol. The van der Waals surface area contributed by atoms with Gasteiger partial charge in [-0.05, 0) is 24.3 Å². The molecule has 0 fully saturated rings. The second-order valence-corrected chi connectivity index (χ2v) is 2.87. The monoisotopic (exact) mass is 186 g/mol. The average Bonchev–Trinajstić information content (AvgIpc) is 2.30. The van der Waals surface area contributed by atoms with Gasteiger partial charge in [0.25, 0.3) is 0 Å². The van der Waals surface area contributed by atoms with Gasteiger partial charge in [0.2, 0.25) is 0 Å². The summed E-state index contributed by atoms with van der Waals surface area (Å²) in [4.78, 5) is 10.8. The van der Waals surface area contributed by atoms with E-state index in [0.29, 0.717) is 5.70 Å². The van der Waals surface area contributed by atoms with Gasteiger partial charge in [-0.25, -0.2) is 0 Å². The maximum atomic E-state index is 10.8. The Labute approximate surface area is 82.3 Å². The maximum absolute atomic E-state index is 10.8. The topological polar surface area (TPSA) is 32.3 Å². The highest BCUT2D eigenvalue weighted by atomic mass is 16.1. The number of hydrazine groups is 1. The summed E-state index contributed by atoms with van der Waals surface area (Å²) in [5, 5.41) is 1.73. The highest BCUT2D eigenvalue weighted by Gasteiger charge is 2.10. The summed E-state index contributed by atoms with van der Waals surface area (Å²) in [6.45, 7) is 0. The van der Waals surface area contributed by atoms with E-state index in [4.69, 9.17) is 0 Å². The Morgan fingerprint density at radius 1 is 1.21 bits per heavy atom. The molecule has 0 radical (unpaired) electrons. The molecule has 1 aromatic rings. The first kappa shape index (κ1) is 8.56. The Morgan fingerprint density at radius 3 is 2.71 bits per heavy atom. The summed E-state index contributed by atoms with van der Waals surface area (Å²) in [7, 11) is 0. The van der Waals surface area contributed by atoms with Crippen molar-refractivity contribution in [2.24, 2.45) is 0 Å². The van der Waals surface area contributed by atoms with Crippen LogP contribution in [0, 0.1) is 0 Å². The third kappa shape index (κ3) is 1.52. The zero-order chi connectivity index (χ0) is 9.80. The van der Waals surface area contributed by atoms with Gasteiger partial charge in [-0.3, -0.25) is 9.80 Å². The number of para-hydroxylation sites is 1. The van der Waals surface area contributed by atoms with Crippen molar-refractivity contribution < 1.29 is 4.79 Å². The van der Waals surface area contributed by atoms with E-state index in [2.05, 4.69) is 5.43 Å². The lowest BCUT2D eigenvalue weighted by atomic mass is 10.2. The Bertz CT molecular complexity index is 382. The molecule has 0 atom stereocenters. The van der Waals surface area contributed by atoms with Crippen LogP contribution < -0.4 is 10.4 Å². The molecule has 1 heterocycles. The molecule has 0 aromatic heterocycles. The second-order valence-electron chi connectivity index (χ2n) is 2.87. The van der Waals surface area contributed by atoms with Crippen LogP contribution in [0.2, 0.25) is 0 Å². The van der Waals surface area contributed by atoms with Crippen molar-refractivity contribution >= 4 is 12.0 Å². The number of rotatable bonds is 2. The van der Waals surface area contributed by atoms with E-state index in [-0.39, 0.29) is 0 Å². The molecule has 14 heavy (non-hydrogen) atoms. The maximum Gasteiger partial charge on any atom is 0.168 e. The van der Waals surface area contributed by atoms with Gasteiger partial charge in [-0.15, -0.1) is 0 Å². The fourth-order valence-corrected chi connectivity index (χ4v) is 1.31. The first-order chi connectivity index (χ1) is 6.92. The zero-order valence-corrected chi connectivity index (χ0v) is 7.55. The lowest BCUT2D eigenvalue weighted by molar-refractivity contribution is -0.105. The first-order valence-corrected chi connectivity index (χ1v) is 4.35. The Balaban J connectivity index is 2.32. The Kier molecular flexibility index (Phi) is 2.32. The third-order valence-corrected chi connectivity index (χ3v) is 1.96. The number of allylic oxidation sites excluding steroid dienone is 3. The number of carbonyl (C=O) groups excluding carboxylic acids is 1. The molecule has 0 saturated heterocycles. The SMILES string of the molecule is O=CC1=CC=CNN1c1ccccc1. The van der Waals surface area contributed by atoms with Gasteiger partial charge >= 0.3 is 0 Å². The number of carbonyl (C=O) groups is 1. The third-order valence-electron chi connectivity index (χ3n) is 1.96. The Morgan fingerprint density at radius 2 is 2.00 bits per heavy atom. The van der Waals surface area contributed by atoms with Crippen molar-refractivity contribution in [3.8, 4) is 0 Å². The van der Waals surface area contributed by atoms with Gasteiger partial charge in [0, 0.05) is 6.20 Å². The number of aldehydes is 1. The molecule has 0 spiro atoms. The molecule has 1 aliphatic heterocycles. The molecule has 0 aliphatic carbocycles. The van der Waals surface area contributed by atoms with Crippen LogP contribution in [-0.4, -0.2) is 6.29 Å². The molecular weight excluding hydrogens is 176 g/mol. The van der Waals surface area contributed by atoms with E-state index in [9.17, 15) is 4.79 Å². The van der Waals surface area contributed by atoms with E-state index in [0.717, 1.165) is 12.0 Å². The van der Waals surface area contributed by atoms with E-state index in [1.54, 1.807) is 23.4 Å². The molecule has 0 bridgehead atoms. The molecule has 1 aromatic carbocycles. The largest absolute Gasteiger partial charge is 0.301 e. The smallest absolute Gasteiger partial charge is 0.168 e. The molecule has 0 saturated carbocycles. The van der Waals surface area contributed by atoms with E-state index < -0.39 is 0 Å². The number of benzene rings is 1. The zero-order valence-electron chi connectivity index (χ0n) is 7.55. The summed E-state index contributed by atoms with van der Waals surface area (Å²) in [5.74, 6) is 0. The van der Waals surface area contributed by atoms with Crippen molar-refractivity contribution in [1.82, 2.24) is 5.43 Å². The quantitative estimate of drug-likeness (QED) is 0.712. The van der Waals surface area contributed by atoms with Gasteiger partial charge in [-0.1, -0.05) is 18.2 Å². The van der Waals surface area contributed by atoms with Crippen LogP contribution in [0.5, 0.6) is 0 Å². The lowest BCUT2D eigenvalue weighted by Gasteiger charge is -2.25. The minimum absolute atomic E-state index is 0.596. The number of anilines is 1. The first-order valence-electron chi connectivity index (χ1n) is 4.35. The summed E-state index contributed by atoms with van der Waals surface area (Å²) < 4.78 is 0. The van der Waals surface area contributed by atoms with E-state index >= 15 is 0 Å². The van der Waals surface area contributed by atoms with Crippen LogP contribution in [0.15, 0.2) is 54.4 Å². The summed E-state index contributed by atoms with van der Waals surface area (Å²) >= 11 is 0. The highest BCUT2D eigenvalue weighted by Crippen LogP contribution is 2.16. The van der Waals surface area contributed by atoms with Gasteiger partial charge in [-0.2, -0.15) is 0 Å². The van der Waals surface area contributed by atoms with Crippen LogP contribution in [-0.2, 0) is 4.79 Å². The van der Waals surface area contributed by atoms with Crippen molar-refractivity contribution in [3.05, 3.63) is 54.4 Å². The molecule has 3 heteroatoms. The van der Waals surface area contributed by atoms with E-state index in [1.165, 1.54) is 0 Å². The highest BCUT2D eigenvalue weighted by molar-refractivity contribution is 5.80. The average molecular weight is 186 g/mol. The van der Waals surface area contributed by atoms with Crippen molar-refractivity contribution in [1.29, 1.82) is 0 Å². The molecule has 0 unspecified atom stereocenters. The van der Waals surface area contributed by atoms with Crippen molar-refractivity contribution in [2.45, 2.75) is 0 Å². The molecule has 1 aliphatic rings. The van der Waals surface area contributed by atoms with Crippen LogP contribution in [0.25, 0.3) is 0 Å². The van der Waals surface area contributed by atoms with Gasteiger partial charge in [0.05, 0.1) is 5.69 Å². The standard InChI is InChI=1S/C11H10N2O/c14-9-11-7-4-8-12-13(11)10-5-2-1-3-6-10/h1-9,12H. The molecular formula is C11H10N2O. The molecule has 1 N–H and O–H groups in total. The number of hydrogen-bond donors (Lipinski definition) is 1. The molecule has 2 rings (SSSR count). The molecule has 0 amide bonds. The minimum Gasteiger partial charge on any atom is -0.301 e. The normalized spacial score (nSPS) is 14.6. The Hall–Kier alpha value is -2.03. The van der Waals surface area contributed by atoms with Crippen LogP contribution in [0.1, 0.15) is 0 Å². The van der Waals surface area contributed by atoms with Crippen LogP contribution >= 0.6 is 0 Å². The number of hydrogen-bond acceptors (Lipinski definition) is 3. The predicted octanol–water partition coefficient (Wildman–Crippen LogP) is 1.61. The molecule has 3 nitrogen and oxygen atoms in total. The number of nitrogens with zero attached hydrogens (tertiary/aromatic N) is 1. The van der Waals surface area contributed by atoms with Crippen molar-refractivity contribution in [3.63, 3.8) is 0 Å². The fourth-order valence-electron chi connectivity index (χ4n) is 1.31. The number of nitrogens with one attached hydrogen (secondary N) is 1. The van der Waals surface area contributed by atoms with Crippen LogP contribution in [0.4, 0.5) is 5.69 Å². The molecule has 70 valence electrons. The lowest BCUT2D eigenvalue weighted by Crippen LogP contribution is -2.35. The summed E-state index contributed by atoms with van der Waals surface area (Å²) in [5.41, 5.74) is 4.53. The van der Waals surface area contributed by atoms with Crippen molar-refractivity contribution in [2.75, 3.05) is 5.01 Å². The van der Waals surface area contributed by atoms with E-state index in [1.807, 2.05) is 30.3 Å². The fraction of sp³-hybridized carbons (Fsp3) is 0. The summed E-state index contributed by atoms with van der Waals surface area (Å²) in [6.07, 6.45) is 6.16. The van der Waals surface area contributed by atoms with Gasteiger partial charge in [0.1, 0.15) is 5.70 Å². The minimum atomic E-state index is 0.596.